The fourth-order valence-electron chi connectivity index (χ4n) is 1.96. The number of anilines is 1. The van der Waals surface area contributed by atoms with Crippen molar-refractivity contribution in [2.45, 2.75) is 6.04 Å². The Morgan fingerprint density at radius 1 is 1.20 bits per heavy atom. The van der Waals surface area contributed by atoms with Crippen molar-refractivity contribution < 1.29 is 9.84 Å². The predicted molar refractivity (Wildman–Crippen MR) is 82.9 cm³/mol. The number of halogens is 2. The lowest BCUT2D eigenvalue weighted by Gasteiger charge is -2.20. The van der Waals surface area contributed by atoms with E-state index in [9.17, 15) is 5.11 Å². The molecule has 106 valence electrons. The summed E-state index contributed by atoms with van der Waals surface area (Å²) in [5, 5.41) is 13.9. The number of aliphatic hydroxyl groups excluding tert-OH is 1. The van der Waals surface area contributed by atoms with Crippen LogP contribution in [-0.4, -0.2) is 18.8 Å². The van der Waals surface area contributed by atoms with Crippen LogP contribution in [-0.2, 0) is 0 Å². The summed E-state index contributed by atoms with van der Waals surface area (Å²) in [5.74, 6) is 0.705. The number of ether oxygens (including phenoxy) is 1. The van der Waals surface area contributed by atoms with Crippen molar-refractivity contribution >= 4 is 28.9 Å². The number of para-hydroxylation sites is 2. The number of methoxy groups -OCH3 is 1. The monoisotopic (exact) mass is 311 g/mol. The SMILES string of the molecule is COc1ccccc1NC(CO)c1ccc(Cl)cc1Cl. The molecule has 0 aliphatic heterocycles. The van der Waals surface area contributed by atoms with Crippen LogP contribution in [0.15, 0.2) is 42.5 Å². The molecule has 2 N–H and O–H groups in total. The summed E-state index contributed by atoms with van der Waals surface area (Å²) >= 11 is 12.1. The normalized spacial score (nSPS) is 12.0. The molecule has 1 unspecified atom stereocenters. The standard InChI is InChI=1S/C15H15Cl2NO2/c1-20-15-5-3-2-4-13(15)18-14(9-19)11-7-6-10(16)8-12(11)17/h2-8,14,18-19H,9H2,1H3. The Morgan fingerprint density at radius 3 is 2.60 bits per heavy atom. The minimum absolute atomic E-state index is 0.0978. The highest BCUT2D eigenvalue weighted by atomic mass is 35.5. The van der Waals surface area contributed by atoms with Gasteiger partial charge in [-0.15, -0.1) is 0 Å². The number of benzene rings is 2. The number of rotatable bonds is 5. The zero-order valence-electron chi connectivity index (χ0n) is 10.9. The molecule has 0 radical (unpaired) electrons. The zero-order valence-corrected chi connectivity index (χ0v) is 12.4. The van der Waals surface area contributed by atoms with Crippen molar-refractivity contribution in [2.75, 3.05) is 19.0 Å². The lowest BCUT2D eigenvalue weighted by Crippen LogP contribution is -2.15. The third kappa shape index (κ3) is 3.37. The van der Waals surface area contributed by atoms with Gasteiger partial charge in [0, 0.05) is 10.0 Å². The van der Waals surface area contributed by atoms with E-state index in [4.69, 9.17) is 27.9 Å². The average Bonchev–Trinajstić information content (AvgIpc) is 2.46. The molecule has 0 aliphatic carbocycles. The van der Waals surface area contributed by atoms with E-state index in [1.54, 1.807) is 25.3 Å². The quantitative estimate of drug-likeness (QED) is 0.871. The fraction of sp³-hybridized carbons (Fsp3) is 0.200. The van der Waals surface area contributed by atoms with Crippen LogP contribution in [0.2, 0.25) is 10.0 Å². The van der Waals surface area contributed by atoms with Crippen molar-refractivity contribution in [3.05, 3.63) is 58.1 Å². The average molecular weight is 312 g/mol. The molecular formula is C15H15Cl2NO2. The second kappa shape index (κ2) is 6.84. The Morgan fingerprint density at radius 2 is 1.95 bits per heavy atom. The van der Waals surface area contributed by atoms with Gasteiger partial charge in [0.1, 0.15) is 5.75 Å². The lowest BCUT2D eigenvalue weighted by atomic mass is 10.1. The summed E-state index contributed by atoms with van der Waals surface area (Å²) in [6.07, 6.45) is 0. The molecule has 0 aliphatic rings. The summed E-state index contributed by atoms with van der Waals surface area (Å²) in [4.78, 5) is 0. The molecule has 0 saturated heterocycles. The molecule has 0 amide bonds. The molecule has 5 heteroatoms. The van der Waals surface area contributed by atoms with Gasteiger partial charge in [0.05, 0.1) is 25.4 Å². The van der Waals surface area contributed by atoms with Crippen LogP contribution in [0.1, 0.15) is 11.6 Å². The molecule has 2 aromatic carbocycles. The number of aliphatic hydroxyl groups is 1. The molecule has 3 nitrogen and oxygen atoms in total. The Labute approximate surface area is 128 Å². The van der Waals surface area contributed by atoms with Gasteiger partial charge >= 0.3 is 0 Å². The third-order valence-corrected chi connectivity index (χ3v) is 3.52. The van der Waals surface area contributed by atoms with Gasteiger partial charge in [0.25, 0.3) is 0 Å². The molecule has 0 spiro atoms. The van der Waals surface area contributed by atoms with Crippen molar-refractivity contribution in [3.63, 3.8) is 0 Å². The first-order chi connectivity index (χ1) is 9.65. The van der Waals surface area contributed by atoms with Gasteiger partial charge in [0.2, 0.25) is 0 Å². The van der Waals surface area contributed by atoms with Gasteiger partial charge in [-0.1, -0.05) is 41.4 Å². The van der Waals surface area contributed by atoms with Crippen LogP contribution in [0.3, 0.4) is 0 Å². The van der Waals surface area contributed by atoms with E-state index in [-0.39, 0.29) is 12.6 Å². The van der Waals surface area contributed by atoms with Crippen LogP contribution in [0.5, 0.6) is 5.75 Å². The largest absolute Gasteiger partial charge is 0.495 e. The highest BCUT2D eigenvalue weighted by Gasteiger charge is 2.15. The molecule has 0 bridgehead atoms. The molecule has 2 aromatic rings. The van der Waals surface area contributed by atoms with E-state index in [0.717, 1.165) is 11.3 Å². The topological polar surface area (TPSA) is 41.5 Å². The first-order valence-corrected chi connectivity index (χ1v) is 6.86. The van der Waals surface area contributed by atoms with E-state index in [1.165, 1.54) is 0 Å². The second-order valence-corrected chi connectivity index (χ2v) is 5.09. The molecule has 0 aromatic heterocycles. The maximum atomic E-state index is 9.60. The van der Waals surface area contributed by atoms with Crippen molar-refractivity contribution in [2.24, 2.45) is 0 Å². The molecule has 0 heterocycles. The maximum absolute atomic E-state index is 9.60. The van der Waals surface area contributed by atoms with Crippen LogP contribution < -0.4 is 10.1 Å². The Balaban J connectivity index is 2.29. The van der Waals surface area contributed by atoms with Gasteiger partial charge in [-0.05, 0) is 29.8 Å². The first kappa shape index (κ1) is 15.0. The summed E-state index contributed by atoms with van der Waals surface area (Å²) in [6.45, 7) is -0.0978. The predicted octanol–water partition coefficient (Wildman–Crippen LogP) is 4.15. The number of hydrogen-bond acceptors (Lipinski definition) is 3. The molecule has 20 heavy (non-hydrogen) atoms. The van der Waals surface area contributed by atoms with Crippen molar-refractivity contribution in [1.29, 1.82) is 0 Å². The Kier molecular flexibility index (Phi) is 5.12. The van der Waals surface area contributed by atoms with E-state index in [2.05, 4.69) is 5.32 Å². The van der Waals surface area contributed by atoms with E-state index < -0.39 is 0 Å². The molecular weight excluding hydrogens is 297 g/mol. The fourth-order valence-corrected chi connectivity index (χ4v) is 2.50. The molecule has 1 atom stereocenters. The van der Waals surface area contributed by atoms with Gasteiger partial charge < -0.3 is 15.2 Å². The number of nitrogens with one attached hydrogen (secondary N) is 1. The third-order valence-electron chi connectivity index (χ3n) is 2.96. The minimum atomic E-state index is -0.337. The number of hydrogen-bond donors (Lipinski definition) is 2. The minimum Gasteiger partial charge on any atom is -0.495 e. The van der Waals surface area contributed by atoms with Gasteiger partial charge in [-0.25, -0.2) is 0 Å². The molecule has 0 saturated carbocycles. The molecule has 2 rings (SSSR count). The van der Waals surface area contributed by atoms with Crippen LogP contribution in [0, 0.1) is 0 Å². The van der Waals surface area contributed by atoms with Crippen molar-refractivity contribution in [3.8, 4) is 5.75 Å². The summed E-state index contributed by atoms with van der Waals surface area (Å²) in [7, 11) is 1.60. The van der Waals surface area contributed by atoms with Crippen molar-refractivity contribution in [1.82, 2.24) is 0 Å². The first-order valence-electron chi connectivity index (χ1n) is 6.11. The zero-order chi connectivity index (χ0) is 14.5. The lowest BCUT2D eigenvalue weighted by molar-refractivity contribution is 0.276. The van der Waals surface area contributed by atoms with E-state index in [0.29, 0.717) is 15.8 Å². The summed E-state index contributed by atoms with van der Waals surface area (Å²) in [5.41, 5.74) is 1.57. The van der Waals surface area contributed by atoms with E-state index >= 15 is 0 Å². The summed E-state index contributed by atoms with van der Waals surface area (Å²) < 4.78 is 5.28. The van der Waals surface area contributed by atoms with Gasteiger partial charge in [0.15, 0.2) is 0 Å². The van der Waals surface area contributed by atoms with Gasteiger partial charge in [-0.2, -0.15) is 0 Å². The summed E-state index contributed by atoms with van der Waals surface area (Å²) in [6, 6.07) is 12.4. The van der Waals surface area contributed by atoms with E-state index in [1.807, 2.05) is 24.3 Å². The smallest absolute Gasteiger partial charge is 0.141 e. The van der Waals surface area contributed by atoms with Crippen LogP contribution in [0.4, 0.5) is 5.69 Å². The van der Waals surface area contributed by atoms with Crippen LogP contribution >= 0.6 is 23.2 Å². The highest BCUT2D eigenvalue weighted by Crippen LogP contribution is 2.31. The van der Waals surface area contributed by atoms with Crippen LogP contribution in [0.25, 0.3) is 0 Å². The molecule has 0 fully saturated rings. The Bertz CT molecular complexity index is 590. The highest BCUT2D eigenvalue weighted by molar-refractivity contribution is 6.35. The Hall–Kier alpha value is -1.42. The maximum Gasteiger partial charge on any atom is 0.141 e. The van der Waals surface area contributed by atoms with Gasteiger partial charge in [-0.3, -0.25) is 0 Å². The second-order valence-electron chi connectivity index (χ2n) is 4.25.